The van der Waals surface area contributed by atoms with E-state index in [4.69, 9.17) is 18.9 Å². The quantitative estimate of drug-likeness (QED) is 0.812. The summed E-state index contributed by atoms with van der Waals surface area (Å²) >= 11 is 0. The molecule has 2 aliphatic heterocycles. The monoisotopic (exact) mass is 350 g/mol. The Morgan fingerprint density at radius 3 is 2.68 bits per heavy atom. The Morgan fingerprint density at radius 1 is 1.28 bits per heavy atom. The number of aliphatic hydroxyl groups is 1. The average molecular weight is 350 g/mol. The molecule has 1 N–H and O–H groups in total. The molecule has 2 heterocycles. The third kappa shape index (κ3) is 4.46. The molecule has 0 unspecified atom stereocenters. The van der Waals surface area contributed by atoms with Crippen LogP contribution in [0.25, 0.3) is 0 Å². The number of fused-ring (bicyclic) bond motifs is 1. The standard InChI is InChI=1S/C19H26O6/c1-12(20)9-10-14(21)15-16(22-11-13-7-5-4-6-8-13)17-18(23-15)25-19(2,3)24-17/h4-8,14-18,21H,9-11H2,1-3H3/t14-,15+,16-,17+,18+/m0/s1. The number of aliphatic hydroxyl groups excluding tert-OH is 1. The topological polar surface area (TPSA) is 74.2 Å². The first kappa shape index (κ1) is 18.5. The number of rotatable bonds is 7. The van der Waals surface area contributed by atoms with Gasteiger partial charge in [0.05, 0.1) is 12.7 Å². The van der Waals surface area contributed by atoms with Crippen molar-refractivity contribution in [3.05, 3.63) is 35.9 Å². The fourth-order valence-electron chi connectivity index (χ4n) is 3.29. The summed E-state index contributed by atoms with van der Waals surface area (Å²) in [6.45, 7) is 5.54. The molecule has 0 saturated carbocycles. The van der Waals surface area contributed by atoms with Crippen LogP contribution in [0.4, 0.5) is 0 Å². The van der Waals surface area contributed by atoms with E-state index in [1.165, 1.54) is 6.92 Å². The molecule has 0 amide bonds. The summed E-state index contributed by atoms with van der Waals surface area (Å²) in [5, 5.41) is 10.5. The zero-order valence-electron chi connectivity index (χ0n) is 14.9. The van der Waals surface area contributed by atoms with Crippen molar-refractivity contribution in [2.24, 2.45) is 0 Å². The van der Waals surface area contributed by atoms with Crippen LogP contribution in [0, 0.1) is 0 Å². The van der Waals surface area contributed by atoms with E-state index in [0.29, 0.717) is 19.4 Å². The molecule has 25 heavy (non-hydrogen) atoms. The van der Waals surface area contributed by atoms with Crippen molar-refractivity contribution in [2.45, 2.75) is 76.7 Å². The van der Waals surface area contributed by atoms with E-state index in [9.17, 15) is 9.90 Å². The van der Waals surface area contributed by atoms with E-state index < -0.39 is 36.5 Å². The van der Waals surface area contributed by atoms with E-state index in [-0.39, 0.29) is 5.78 Å². The molecule has 1 aromatic carbocycles. The van der Waals surface area contributed by atoms with Crippen LogP contribution in [0.3, 0.4) is 0 Å². The van der Waals surface area contributed by atoms with Crippen molar-refractivity contribution < 1.29 is 28.8 Å². The second-order valence-electron chi connectivity index (χ2n) is 7.14. The van der Waals surface area contributed by atoms with Gasteiger partial charge in [-0.3, -0.25) is 0 Å². The predicted octanol–water partition coefficient (Wildman–Crippen LogP) is 2.18. The molecular formula is C19H26O6. The van der Waals surface area contributed by atoms with Crippen molar-refractivity contribution in [1.29, 1.82) is 0 Å². The molecule has 6 nitrogen and oxygen atoms in total. The maximum atomic E-state index is 11.2. The van der Waals surface area contributed by atoms with E-state index in [2.05, 4.69) is 0 Å². The van der Waals surface area contributed by atoms with Crippen LogP contribution in [0.2, 0.25) is 0 Å². The third-order valence-electron chi connectivity index (χ3n) is 4.48. The number of ketones is 1. The van der Waals surface area contributed by atoms with Gasteiger partial charge in [-0.05, 0) is 32.8 Å². The van der Waals surface area contributed by atoms with Gasteiger partial charge in [-0.2, -0.15) is 0 Å². The molecule has 0 radical (unpaired) electrons. The first-order chi connectivity index (χ1) is 11.9. The fraction of sp³-hybridized carbons (Fsp3) is 0.632. The third-order valence-corrected chi connectivity index (χ3v) is 4.48. The van der Waals surface area contributed by atoms with Gasteiger partial charge >= 0.3 is 0 Å². The molecule has 2 saturated heterocycles. The first-order valence-electron chi connectivity index (χ1n) is 8.70. The minimum atomic E-state index is -0.814. The fourth-order valence-corrected chi connectivity index (χ4v) is 3.29. The van der Waals surface area contributed by atoms with Crippen molar-refractivity contribution in [3.8, 4) is 0 Å². The SMILES string of the molecule is CC(=O)CC[C@H](O)[C@H]1O[C@@H]2OC(C)(C)O[C@@H]2[C@H]1OCc1ccccc1. The maximum Gasteiger partial charge on any atom is 0.190 e. The Labute approximate surface area is 148 Å². The lowest BCUT2D eigenvalue weighted by atomic mass is 10.0. The highest BCUT2D eigenvalue weighted by Crippen LogP contribution is 2.40. The van der Waals surface area contributed by atoms with Gasteiger partial charge in [-0.1, -0.05) is 30.3 Å². The Hall–Kier alpha value is -1.31. The average Bonchev–Trinajstić information content (AvgIpc) is 3.03. The summed E-state index contributed by atoms with van der Waals surface area (Å²) in [7, 11) is 0. The molecule has 0 aromatic heterocycles. The Balaban J connectivity index is 1.69. The molecule has 3 rings (SSSR count). The first-order valence-corrected chi connectivity index (χ1v) is 8.70. The number of Topliss-reactive ketones (excluding diaryl/α,β-unsaturated/α-hetero) is 1. The molecule has 0 spiro atoms. The van der Waals surface area contributed by atoms with Gasteiger partial charge in [0, 0.05) is 6.42 Å². The van der Waals surface area contributed by atoms with Gasteiger partial charge in [0.25, 0.3) is 0 Å². The second-order valence-corrected chi connectivity index (χ2v) is 7.14. The zero-order valence-corrected chi connectivity index (χ0v) is 14.9. The molecule has 138 valence electrons. The van der Waals surface area contributed by atoms with Crippen molar-refractivity contribution in [2.75, 3.05) is 0 Å². The number of benzene rings is 1. The Kier molecular flexibility index (Phi) is 5.55. The lowest BCUT2D eigenvalue weighted by molar-refractivity contribution is -0.230. The summed E-state index contributed by atoms with van der Waals surface area (Å²) in [6, 6.07) is 9.80. The molecule has 2 fully saturated rings. The van der Waals surface area contributed by atoms with Crippen LogP contribution in [0.5, 0.6) is 0 Å². The molecule has 0 aliphatic carbocycles. The second kappa shape index (κ2) is 7.51. The van der Waals surface area contributed by atoms with Crippen LogP contribution >= 0.6 is 0 Å². The minimum Gasteiger partial charge on any atom is -0.390 e. The summed E-state index contributed by atoms with van der Waals surface area (Å²) in [5.74, 6) is -0.716. The lowest BCUT2D eigenvalue weighted by Crippen LogP contribution is -2.42. The largest absolute Gasteiger partial charge is 0.390 e. The molecule has 1 aromatic rings. The minimum absolute atomic E-state index is 0.0348. The van der Waals surface area contributed by atoms with Gasteiger partial charge in [-0.15, -0.1) is 0 Å². The summed E-state index contributed by atoms with van der Waals surface area (Å²) in [5.41, 5.74) is 1.03. The van der Waals surface area contributed by atoms with Crippen molar-refractivity contribution in [3.63, 3.8) is 0 Å². The highest BCUT2D eigenvalue weighted by molar-refractivity contribution is 5.75. The molecule has 0 bridgehead atoms. The smallest absolute Gasteiger partial charge is 0.190 e. The van der Waals surface area contributed by atoms with Gasteiger partial charge in [0.1, 0.15) is 24.1 Å². The van der Waals surface area contributed by atoms with Gasteiger partial charge in [0.2, 0.25) is 0 Å². The van der Waals surface area contributed by atoms with Crippen LogP contribution in [0.1, 0.15) is 39.2 Å². The van der Waals surface area contributed by atoms with Crippen LogP contribution in [0.15, 0.2) is 30.3 Å². The summed E-state index contributed by atoms with van der Waals surface area (Å²) in [6.07, 6.45) is -2.22. The number of hydrogen-bond acceptors (Lipinski definition) is 6. The molecule has 2 aliphatic rings. The Morgan fingerprint density at radius 2 is 2.00 bits per heavy atom. The zero-order chi connectivity index (χ0) is 18.0. The van der Waals surface area contributed by atoms with E-state index in [1.807, 2.05) is 44.2 Å². The number of carbonyl (C=O) groups is 1. The lowest BCUT2D eigenvalue weighted by Gasteiger charge is -2.28. The number of hydrogen-bond donors (Lipinski definition) is 1. The number of carbonyl (C=O) groups excluding carboxylic acids is 1. The molecule has 6 heteroatoms. The predicted molar refractivity (Wildman–Crippen MR) is 89.6 cm³/mol. The van der Waals surface area contributed by atoms with E-state index >= 15 is 0 Å². The van der Waals surface area contributed by atoms with Crippen LogP contribution in [-0.4, -0.2) is 47.4 Å². The number of ether oxygens (including phenoxy) is 4. The summed E-state index contributed by atoms with van der Waals surface area (Å²) < 4.78 is 23.6. The molecule has 5 atom stereocenters. The van der Waals surface area contributed by atoms with E-state index in [1.54, 1.807) is 0 Å². The van der Waals surface area contributed by atoms with Crippen LogP contribution in [-0.2, 0) is 30.3 Å². The van der Waals surface area contributed by atoms with Gasteiger partial charge < -0.3 is 28.8 Å². The van der Waals surface area contributed by atoms with Gasteiger partial charge in [-0.25, -0.2) is 0 Å². The highest BCUT2D eigenvalue weighted by atomic mass is 16.8. The van der Waals surface area contributed by atoms with E-state index in [0.717, 1.165) is 5.56 Å². The normalized spacial score (nSPS) is 31.7. The van der Waals surface area contributed by atoms with Crippen molar-refractivity contribution in [1.82, 2.24) is 0 Å². The highest BCUT2D eigenvalue weighted by Gasteiger charge is 2.56. The van der Waals surface area contributed by atoms with Gasteiger partial charge in [0.15, 0.2) is 12.1 Å². The van der Waals surface area contributed by atoms with Crippen LogP contribution < -0.4 is 0 Å². The van der Waals surface area contributed by atoms with Crippen molar-refractivity contribution >= 4 is 5.78 Å². The molecular weight excluding hydrogens is 324 g/mol. The maximum absolute atomic E-state index is 11.2. The Bertz CT molecular complexity index is 587. The summed E-state index contributed by atoms with van der Waals surface area (Å²) in [4.78, 5) is 11.2.